The Bertz CT molecular complexity index is 654. The Balaban J connectivity index is 1.94. The minimum atomic E-state index is -0.540. The van der Waals surface area contributed by atoms with E-state index in [4.69, 9.17) is 4.74 Å². The normalized spacial score (nSPS) is 17.0. The van der Waals surface area contributed by atoms with Crippen molar-refractivity contribution in [3.63, 3.8) is 0 Å². The molecule has 6 heteroatoms. The number of rotatable bonds is 3. The summed E-state index contributed by atoms with van der Waals surface area (Å²) in [5.74, 6) is -0.0654. The van der Waals surface area contributed by atoms with Gasteiger partial charge in [-0.1, -0.05) is 18.2 Å². The predicted octanol–water partition coefficient (Wildman–Crippen LogP) is 2.13. The van der Waals surface area contributed by atoms with Crippen molar-refractivity contribution >= 4 is 5.97 Å². The minimum absolute atomic E-state index is 0.0443. The number of nitrogens with zero attached hydrogens (tertiary/aromatic N) is 3. The lowest BCUT2D eigenvalue weighted by Crippen LogP contribution is -2.12. The fourth-order valence-corrected chi connectivity index (χ4v) is 2.48. The second kappa shape index (κ2) is 5.03. The third kappa shape index (κ3) is 2.07. The summed E-state index contributed by atoms with van der Waals surface area (Å²) in [7, 11) is 0. The molecule has 0 N–H and O–H groups in total. The molecule has 1 aromatic carbocycles. The molecule has 0 bridgehead atoms. The lowest BCUT2D eigenvalue weighted by molar-refractivity contribution is 0.0511. The summed E-state index contributed by atoms with van der Waals surface area (Å²) >= 11 is 0. The van der Waals surface area contributed by atoms with E-state index in [0.29, 0.717) is 17.8 Å². The van der Waals surface area contributed by atoms with Crippen molar-refractivity contribution in [1.82, 2.24) is 14.8 Å². The molecule has 1 aromatic heterocycles. The van der Waals surface area contributed by atoms with Crippen LogP contribution in [0.4, 0.5) is 4.39 Å². The fourth-order valence-electron chi connectivity index (χ4n) is 2.48. The quantitative estimate of drug-likeness (QED) is 0.805. The van der Waals surface area contributed by atoms with Crippen LogP contribution in [0.3, 0.4) is 0 Å². The highest BCUT2D eigenvalue weighted by Crippen LogP contribution is 2.31. The van der Waals surface area contributed by atoms with Crippen LogP contribution in [0.2, 0.25) is 0 Å². The van der Waals surface area contributed by atoms with E-state index in [0.717, 1.165) is 6.42 Å². The predicted molar refractivity (Wildman–Crippen MR) is 68.8 cm³/mol. The van der Waals surface area contributed by atoms with Gasteiger partial charge in [-0.2, -0.15) is 0 Å². The maximum atomic E-state index is 13.9. The Hall–Kier alpha value is -2.24. The summed E-state index contributed by atoms with van der Waals surface area (Å²) in [6.07, 6.45) is 1.41. The van der Waals surface area contributed by atoms with E-state index >= 15 is 0 Å². The first-order valence-electron chi connectivity index (χ1n) is 6.57. The van der Waals surface area contributed by atoms with Crippen molar-refractivity contribution in [3.05, 3.63) is 47.3 Å². The minimum Gasteiger partial charge on any atom is -0.460 e. The van der Waals surface area contributed by atoms with E-state index < -0.39 is 5.97 Å². The Morgan fingerprint density at radius 3 is 3.05 bits per heavy atom. The van der Waals surface area contributed by atoms with Crippen molar-refractivity contribution in [2.45, 2.75) is 25.8 Å². The molecule has 2 heterocycles. The first kappa shape index (κ1) is 12.8. The van der Waals surface area contributed by atoms with Crippen molar-refractivity contribution in [3.8, 4) is 0 Å². The molecule has 0 radical (unpaired) electrons. The number of aryl methyl sites for hydroxylation is 1. The van der Waals surface area contributed by atoms with Gasteiger partial charge in [0.15, 0.2) is 0 Å². The van der Waals surface area contributed by atoms with E-state index in [2.05, 4.69) is 10.1 Å². The SMILES string of the molecule is CCOC(=O)c1nc2n(n1)C(c1ccccc1F)CC2. The van der Waals surface area contributed by atoms with E-state index in [9.17, 15) is 9.18 Å². The molecule has 1 unspecified atom stereocenters. The topological polar surface area (TPSA) is 57.0 Å². The van der Waals surface area contributed by atoms with Crippen LogP contribution in [-0.2, 0) is 11.2 Å². The van der Waals surface area contributed by atoms with Crippen LogP contribution in [0, 0.1) is 5.82 Å². The molecule has 0 saturated carbocycles. The van der Waals surface area contributed by atoms with Crippen LogP contribution in [-0.4, -0.2) is 27.3 Å². The van der Waals surface area contributed by atoms with Crippen molar-refractivity contribution in [2.24, 2.45) is 0 Å². The molecule has 0 fully saturated rings. The van der Waals surface area contributed by atoms with Gasteiger partial charge in [0.25, 0.3) is 5.82 Å². The molecule has 0 spiro atoms. The second-order valence-corrected chi connectivity index (χ2v) is 4.59. The zero-order valence-electron chi connectivity index (χ0n) is 11.0. The van der Waals surface area contributed by atoms with Crippen LogP contribution in [0.5, 0.6) is 0 Å². The molecule has 104 valence electrons. The van der Waals surface area contributed by atoms with Gasteiger partial charge in [0.2, 0.25) is 0 Å². The van der Waals surface area contributed by atoms with Crippen LogP contribution < -0.4 is 0 Å². The van der Waals surface area contributed by atoms with Crippen LogP contribution in [0.1, 0.15) is 41.4 Å². The van der Waals surface area contributed by atoms with E-state index in [1.165, 1.54) is 6.07 Å². The van der Waals surface area contributed by atoms with Crippen LogP contribution in [0.15, 0.2) is 24.3 Å². The fraction of sp³-hybridized carbons (Fsp3) is 0.357. The maximum Gasteiger partial charge on any atom is 0.378 e. The van der Waals surface area contributed by atoms with Crippen LogP contribution in [0.25, 0.3) is 0 Å². The highest BCUT2D eigenvalue weighted by Gasteiger charge is 2.30. The second-order valence-electron chi connectivity index (χ2n) is 4.59. The molecule has 2 aromatic rings. The molecule has 0 amide bonds. The lowest BCUT2D eigenvalue weighted by atomic mass is 10.0. The van der Waals surface area contributed by atoms with Crippen molar-refractivity contribution in [1.29, 1.82) is 0 Å². The zero-order valence-corrected chi connectivity index (χ0v) is 11.0. The summed E-state index contributed by atoms with van der Waals surface area (Å²) in [6, 6.07) is 6.40. The summed E-state index contributed by atoms with van der Waals surface area (Å²) in [4.78, 5) is 15.8. The summed E-state index contributed by atoms with van der Waals surface area (Å²) in [5, 5.41) is 4.17. The van der Waals surface area contributed by atoms with Gasteiger partial charge in [0.05, 0.1) is 12.6 Å². The van der Waals surface area contributed by atoms with Crippen molar-refractivity contribution < 1.29 is 13.9 Å². The molecule has 20 heavy (non-hydrogen) atoms. The Morgan fingerprint density at radius 1 is 1.50 bits per heavy atom. The number of hydrogen-bond donors (Lipinski definition) is 0. The summed E-state index contributed by atoms with van der Waals surface area (Å²) < 4.78 is 20.4. The molecule has 0 aliphatic carbocycles. The summed E-state index contributed by atoms with van der Waals surface area (Å²) in [6.45, 7) is 2.00. The smallest absolute Gasteiger partial charge is 0.378 e. The van der Waals surface area contributed by atoms with E-state index in [1.807, 2.05) is 0 Å². The molecule has 3 rings (SSSR count). The van der Waals surface area contributed by atoms with Gasteiger partial charge in [-0.25, -0.2) is 18.9 Å². The number of carbonyl (C=O) groups is 1. The van der Waals surface area contributed by atoms with Gasteiger partial charge in [-0.05, 0) is 19.4 Å². The monoisotopic (exact) mass is 275 g/mol. The zero-order chi connectivity index (χ0) is 14.1. The molecule has 5 nitrogen and oxygen atoms in total. The van der Waals surface area contributed by atoms with Gasteiger partial charge in [-0.3, -0.25) is 0 Å². The standard InChI is InChI=1S/C14H14FN3O2/c1-2-20-14(19)13-16-12-8-7-11(18(12)17-13)9-5-3-4-6-10(9)15/h3-6,11H,2,7-8H2,1H3. The van der Waals surface area contributed by atoms with Gasteiger partial charge in [0, 0.05) is 12.0 Å². The highest BCUT2D eigenvalue weighted by atomic mass is 19.1. The summed E-state index contributed by atoms with van der Waals surface area (Å²) in [5.41, 5.74) is 0.576. The number of fused-ring (bicyclic) bond motifs is 1. The third-order valence-corrected chi connectivity index (χ3v) is 3.36. The maximum absolute atomic E-state index is 13.9. The number of hydrogen-bond acceptors (Lipinski definition) is 4. The molecular weight excluding hydrogens is 261 g/mol. The number of carbonyl (C=O) groups excluding carboxylic acids is 1. The average Bonchev–Trinajstić information content (AvgIpc) is 3.00. The van der Waals surface area contributed by atoms with Gasteiger partial charge in [0.1, 0.15) is 11.6 Å². The third-order valence-electron chi connectivity index (χ3n) is 3.36. The number of ether oxygens (including phenoxy) is 1. The van der Waals surface area contributed by atoms with E-state index in [-0.39, 0.29) is 24.3 Å². The van der Waals surface area contributed by atoms with Crippen molar-refractivity contribution in [2.75, 3.05) is 6.61 Å². The Labute approximate surface area is 115 Å². The number of aromatic nitrogens is 3. The molecule has 1 aliphatic rings. The molecule has 1 atom stereocenters. The number of benzene rings is 1. The first-order chi connectivity index (χ1) is 9.70. The number of halogens is 1. The lowest BCUT2D eigenvalue weighted by Gasteiger charge is -2.12. The van der Waals surface area contributed by atoms with Gasteiger partial charge in [-0.15, -0.1) is 5.10 Å². The van der Waals surface area contributed by atoms with Gasteiger partial charge >= 0.3 is 5.97 Å². The highest BCUT2D eigenvalue weighted by molar-refractivity contribution is 5.85. The molecule has 0 saturated heterocycles. The Kier molecular flexibility index (Phi) is 3.22. The Morgan fingerprint density at radius 2 is 2.30 bits per heavy atom. The van der Waals surface area contributed by atoms with E-state index in [1.54, 1.807) is 29.8 Å². The average molecular weight is 275 g/mol. The molecular formula is C14H14FN3O2. The van der Waals surface area contributed by atoms with Crippen LogP contribution >= 0.6 is 0 Å². The van der Waals surface area contributed by atoms with Gasteiger partial charge < -0.3 is 4.74 Å². The largest absolute Gasteiger partial charge is 0.460 e. The first-order valence-corrected chi connectivity index (χ1v) is 6.57. The molecule has 1 aliphatic heterocycles. The number of esters is 1.